The monoisotopic (exact) mass is 312 g/mol. The number of amides is 1. The maximum absolute atomic E-state index is 12.8. The number of benzene rings is 1. The summed E-state index contributed by atoms with van der Waals surface area (Å²) in [7, 11) is 0. The van der Waals surface area contributed by atoms with Crippen molar-refractivity contribution in [1.82, 2.24) is 4.98 Å². The molecule has 122 valence electrons. The zero-order valence-corrected chi connectivity index (χ0v) is 14.5. The summed E-state index contributed by atoms with van der Waals surface area (Å²) in [4.78, 5) is 17.2. The second kappa shape index (κ2) is 7.27. The van der Waals surface area contributed by atoms with Gasteiger partial charge in [0.2, 0.25) is 0 Å². The van der Waals surface area contributed by atoms with Gasteiger partial charge in [0.15, 0.2) is 0 Å². The summed E-state index contributed by atoms with van der Waals surface area (Å²) in [6.45, 7) is 10.2. The molecule has 0 radical (unpaired) electrons. The quantitative estimate of drug-likeness (QED) is 0.899. The highest BCUT2D eigenvalue weighted by Crippen LogP contribution is 2.26. The molecule has 0 saturated carbocycles. The van der Waals surface area contributed by atoms with E-state index in [1.165, 1.54) is 0 Å². The fourth-order valence-electron chi connectivity index (χ4n) is 2.72. The zero-order valence-electron chi connectivity index (χ0n) is 14.5. The standard InChI is InChI=1S/C19H24N2O2/c1-6-15-10-8-9-12(3)18(15)21-19(22)17-14(5)20-13(4)11-16(17)23-7-2/h8-11H,6-7H2,1-5H3,(H,21,22). The van der Waals surface area contributed by atoms with Crippen LogP contribution in [-0.4, -0.2) is 17.5 Å². The van der Waals surface area contributed by atoms with Gasteiger partial charge in [-0.25, -0.2) is 0 Å². The number of aromatic nitrogens is 1. The van der Waals surface area contributed by atoms with E-state index in [1.807, 2.05) is 52.0 Å². The fraction of sp³-hybridized carbons (Fsp3) is 0.368. The molecule has 23 heavy (non-hydrogen) atoms. The summed E-state index contributed by atoms with van der Waals surface area (Å²) in [6, 6.07) is 7.85. The van der Waals surface area contributed by atoms with E-state index in [1.54, 1.807) is 0 Å². The average Bonchev–Trinajstić information content (AvgIpc) is 2.48. The lowest BCUT2D eigenvalue weighted by Crippen LogP contribution is -2.18. The number of anilines is 1. The van der Waals surface area contributed by atoms with Crippen LogP contribution in [0.3, 0.4) is 0 Å². The van der Waals surface area contributed by atoms with Crippen LogP contribution < -0.4 is 10.1 Å². The highest BCUT2D eigenvalue weighted by Gasteiger charge is 2.19. The summed E-state index contributed by atoms with van der Waals surface area (Å²) in [6.07, 6.45) is 0.862. The molecule has 1 N–H and O–H groups in total. The van der Waals surface area contributed by atoms with Crippen LogP contribution in [0.15, 0.2) is 24.3 Å². The Bertz CT molecular complexity index is 724. The summed E-state index contributed by atoms with van der Waals surface area (Å²) < 4.78 is 5.64. The second-order valence-electron chi connectivity index (χ2n) is 5.57. The van der Waals surface area contributed by atoms with Crippen molar-refractivity contribution in [2.24, 2.45) is 0 Å². The molecular formula is C19H24N2O2. The Kier molecular flexibility index (Phi) is 5.37. The number of hydrogen-bond acceptors (Lipinski definition) is 3. The van der Waals surface area contributed by atoms with E-state index in [2.05, 4.69) is 17.2 Å². The highest BCUT2D eigenvalue weighted by molar-refractivity contribution is 6.07. The van der Waals surface area contributed by atoms with Crippen molar-refractivity contribution in [3.8, 4) is 5.75 Å². The maximum atomic E-state index is 12.8. The van der Waals surface area contributed by atoms with E-state index >= 15 is 0 Å². The van der Waals surface area contributed by atoms with Crippen LogP contribution in [0.1, 0.15) is 46.7 Å². The van der Waals surface area contributed by atoms with E-state index in [0.29, 0.717) is 23.6 Å². The Morgan fingerprint density at radius 1 is 1.22 bits per heavy atom. The molecule has 0 atom stereocenters. The number of aryl methyl sites for hydroxylation is 4. The van der Waals surface area contributed by atoms with Crippen molar-refractivity contribution >= 4 is 11.6 Å². The molecular weight excluding hydrogens is 288 g/mol. The van der Waals surface area contributed by atoms with E-state index in [9.17, 15) is 4.79 Å². The van der Waals surface area contributed by atoms with Gasteiger partial charge in [0.05, 0.1) is 12.3 Å². The number of nitrogens with one attached hydrogen (secondary N) is 1. The molecule has 4 nitrogen and oxygen atoms in total. The molecule has 1 aromatic carbocycles. The van der Waals surface area contributed by atoms with Gasteiger partial charge in [0.1, 0.15) is 11.3 Å². The molecule has 0 aliphatic heterocycles. The SMILES string of the molecule is CCOc1cc(C)nc(C)c1C(=O)Nc1c(C)cccc1CC. The van der Waals surface area contributed by atoms with Gasteiger partial charge in [-0.2, -0.15) is 0 Å². The van der Waals surface area contributed by atoms with Crippen molar-refractivity contribution in [2.45, 2.75) is 41.0 Å². The van der Waals surface area contributed by atoms with Crippen molar-refractivity contribution in [1.29, 1.82) is 0 Å². The van der Waals surface area contributed by atoms with Gasteiger partial charge in [-0.15, -0.1) is 0 Å². The lowest BCUT2D eigenvalue weighted by atomic mass is 10.0. The smallest absolute Gasteiger partial charge is 0.261 e. The molecule has 0 fully saturated rings. The van der Waals surface area contributed by atoms with E-state index in [0.717, 1.165) is 28.9 Å². The minimum Gasteiger partial charge on any atom is -0.493 e. The molecule has 1 heterocycles. The Morgan fingerprint density at radius 3 is 2.61 bits per heavy atom. The number of para-hydroxylation sites is 1. The van der Waals surface area contributed by atoms with E-state index in [-0.39, 0.29) is 5.91 Å². The third-order valence-electron chi connectivity index (χ3n) is 3.80. The minimum atomic E-state index is -0.178. The van der Waals surface area contributed by atoms with Gasteiger partial charge >= 0.3 is 0 Å². The predicted octanol–water partition coefficient (Wildman–Crippen LogP) is 4.22. The number of ether oxygens (including phenoxy) is 1. The maximum Gasteiger partial charge on any atom is 0.261 e. The largest absolute Gasteiger partial charge is 0.493 e. The number of pyridine rings is 1. The van der Waals surface area contributed by atoms with Crippen molar-refractivity contribution in [3.63, 3.8) is 0 Å². The molecule has 0 aliphatic rings. The third kappa shape index (κ3) is 3.70. The van der Waals surface area contributed by atoms with Gasteiger partial charge in [-0.3, -0.25) is 9.78 Å². The van der Waals surface area contributed by atoms with Gasteiger partial charge in [0.25, 0.3) is 5.91 Å². The van der Waals surface area contributed by atoms with Gasteiger partial charge in [-0.1, -0.05) is 25.1 Å². The predicted molar refractivity (Wildman–Crippen MR) is 93.4 cm³/mol. The van der Waals surface area contributed by atoms with Crippen LogP contribution in [-0.2, 0) is 6.42 Å². The molecule has 0 bridgehead atoms. The Balaban J connectivity index is 2.43. The summed E-state index contributed by atoms with van der Waals surface area (Å²) >= 11 is 0. The number of carbonyl (C=O) groups excluding carboxylic acids is 1. The van der Waals surface area contributed by atoms with Crippen molar-refractivity contribution in [2.75, 3.05) is 11.9 Å². The Labute approximate surface area is 137 Å². The molecule has 0 unspecified atom stereocenters. The van der Waals surface area contributed by atoms with Crippen LogP contribution in [0.2, 0.25) is 0 Å². The van der Waals surface area contributed by atoms with E-state index in [4.69, 9.17) is 4.74 Å². The van der Waals surface area contributed by atoms with E-state index < -0.39 is 0 Å². The minimum absolute atomic E-state index is 0.178. The van der Waals surface area contributed by atoms with Gasteiger partial charge in [-0.05, 0) is 45.2 Å². The van der Waals surface area contributed by atoms with Crippen molar-refractivity contribution < 1.29 is 9.53 Å². The summed E-state index contributed by atoms with van der Waals surface area (Å²) in [5.74, 6) is 0.407. The molecule has 0 spiro atoms. The normalized spacial score (nSPS) is 10.5. The molecule has 1 amide bonds. The van der Waals surface area contributed by atoms with Crippen LogP contribution in [0.4, 0.5) is 5.69 Å². The molecule has 1 aromatic heterocycles. The first kappa shape index (κ1) is 17.0. The fourth-order valence-corrected chi connectivity index (χ4v) is 2.72. The first-order valence-corrected chi connectivity index (χ1v) is 7.98. The molecule has 0 saturated heterocycles. The van der Waals surface area contributed by atoms with Crippen LogP contribution in [0.25, 0.3) is 0 Å². The molecule has 2 rings (SSSR count). The van der Waals surface area contributed by atoms with Crippen LogP contribution in [0, 0.1) is 20.8 Å². The average molecular weight is 312 g/mol. The number of nitrogens with zero attached hydrogens (tertiary/aromatic N) is 1. The topological polar surface area (TPSA) is 51.2 Å². The summed E-state index contributed by atoms with van der Waals surface area (Å²) in [5, 5.41) is 3.05. The lowest BCUT2D eigenvalue weighted by molar-refractivity contribution is 0.102. The highest BCUT2D eigenvalue weighted by atomic mass is 16.5. The van der Waals surface area contributed by atoms with Gasteiger partial charge in [0, 0.05) is 17.4 Å². The van der Waals surface area contributed by atoms with Crippen LogP contribution in [0.5, 0.6) is 5.75 Å². The van der Waals surface area contributed by atoms with Crippen LogP contribution >= 0.6 is 0 Å². The van der Waals surface area contributed by atoms with Crippen molar-refractivity contribution in [3.05, 3.63) is 52.3 Å². The lowest BCUT2D eigenvalue weighted by Gasteiger charge is -2.16. The Hall–Kier alpha value is -2.36. The molecule has 4 heteroatoms. The van der Waals surface area contributed by atoms with Gasteiger partial charge < -0.3 is 10.1 Å². The second-order valence-corrected chi connectivity index (χ2v) is 5.57. The first-order chi connectivity index (χ1) is 11.0. The molecule has 2 aromatic rings. The first-order valence-electron chi connectivity index (χ1n) is 7.98. The molecule has 0 aliphatic carbocycles. The Morgan fingerprint density at radius 2 is 1.96 bits per heavy atom. The third-order valence-corrected chi connectivity index (χ3v) is 3.80. The number of hydrogen-bond donors (Lipinski definition) is 1. The number of rotatable bonds is 5. The number of carbonyl (C=O) groups is 1. The summed E-state index contributed by atoms with van der Waals surface area (Å²) in [5.41, 5.74) is 5.07. The zero-order chi connectivity index (χ0) is 17.0.